The zero-order valence-corrected chi connectivity index (χ0v) is 14.3. The van der Waals surface area contributed by atoms with Gasteiger partial charge in [0.1, 0.15) is 18.2 Å². The number of hydrogen-bond donors (Lipinski definition) is 2. The summed E-state index contributed by atoms with van der Waals surface area (Å²) in [5, 5.41) is 5.32. The van der Waals surface area contributed by atoms with Gasteiger partial charge in [0, 0.05) is 11.8 Å². The molecule has 3 rings (SSSR count). The minimum Gasteiger partial charge on any atom is -0.346 e. The van der Waals surface area contributed by atoms with Crippen molar-refractivity contribution in [2.75, 3.05) is 11.9 Å². The van der Waals surface area contributed by atoms with E-state index in [0.717, 1.165) is 11.8 Å². The number of fused-ring (bicyclic) bond motifs is 1. The molecule has 0 unspecified atom stereocenters. The Morgan fingerprint density at radius 1 is 1.38 bits per heavy atom. The van der Waals surface area contributed by atoms with Gasteiger partial charge in [-0.2, -0.15) is 0 Å². The number of benzene rings is 1. The lowest BCUT2D eigenvalue weighted by atomic mass is 10.0. The second-order valence-corrected chi connectivity index (χ2v) is 6.13. The molecule has 2 atom stereocenters. The molecule has 2 heterocycles. The minimum atomic E-state index is -0.837. The van der Waals surface area contributed by atoms with Crippen LogP contribution in [0.25, 0.3) is 0 Å². The second-order valence-electron chi connectivity index (χ2n) is 6.13. The van der Waals surface area contributed by atoms with Crippen LogP contribution in [0.4, 0.5) is 19.3 Å². The van der Waals surface area contributed by atoms with Gasteiger partial charge in [-0.05, 0) is 25.5 Å². The summed E-state index contributed by atoms with van der Waals surface area (Å²) in [5.41, 5.74) is 1.55. The lowest BCUT2D eigenvalue weighted by Gasteiger charge is -2.35. The average molecular weight is 360 g/mol. The van der Waals surface area contributed by atoms with Crippen LogP contribution >= 0.6 is 0 Å². The van der Waals surface area contributed by atoms with E-state index in [-0.39, 0.29) is 24.3 Å². The highest BCUT2D eigenvalue weighted by Gasteiger charge is 2.30. The van der Waals surface area contributed by atoms with E-state index in [0.29, 0.717) is 11.8 Å². The van der Waals surface area contributed by atoms with E-state index >= 15 is 0 Å². The highest BCUT2D eigenvalue weighted by Crippen LogP contribution is 2.32. The summed E-state index contributed by atoms with van der Waals surface area (Å²) in [5.74, 6) is -2.09. The molecule has 1 aliphatic heterocycles. The van der Waals surface area contributed by atoms with Crippen LogP contribution in [0, 0.1) is 11.6 Å². The zero-order chi connectivity index (χ0) is 18.8. The Hall–Kier alpha value is -3.03. The van der Waals surface area contributed by atoms with Gasteiger partial charge in [0.25, 0.3) is 0 Å². The monoisotopic (exact) mass is 360 g/mol. The summed E-state index contributed by atoms with van der Waals surface area (Å²) < 4.78 is 26.7. The van der Waals surface area contributed by atoms with Crippen LogP contribution in [0.15, 0.2) is 36.5 Å². The number of nitrogens with one attached hydrogen (secondary N) is 2. The predicted molar refractivity (Wildman–Crippen MR) is 91.3 cm³/mol. The number of pyridine rings is 1. The molecule has 0 saturated carbocycles. The number of halogens is 2. The Kier molecular flexibility index (Phi) is 4.83. The van der Waals surface area contributed by atoms with E-state index in [2.05, 4.69) is 15.6 Å². The number of para-hydroxylation sites is 1. The molecule has 0 spiro atoms. The molecule has 0 aliphatic carbocycles. The first-order valence-corrected chi connectivity index (χ1v) is 8.13. The maximum atomic E-state index is 13.8. The first kappa shape index (κ1) is 17.8. The summed E-state index contributed by atoms with van der Waals surface area (Å²) in [4.78, 5) is 29.7. The molecule has 1 aromatic carbocycles. The van der Waals surface area contributed by atoms with Gasteiger partial charge < -0.3 is 15.5 Å². The van der Waals surface area contributed by atoms with Crippen LogP contribution in [0.5, 0.6) is 0 Å². The lowest BCUT2D eigenvalue weighted by molar-refractivity contribution is -0.122. The fourth-order valence-corrected chi connectivity index (χ4v) is 2.97. The van der Waals surface area contributed by atoms with Crippen molar-refractivity contribution in [2.45, 2.75) is 25.9 Å². The Bertz CT molecular complexity index is 859. The van der Waals surface area contributed by atoms with Gasteiger partial charge in [-0.3, -0.25) is 9.78 Å². The predicted octanol–water partition coefficient (Wildman–Crippen LogP) is 3.15. The van der Waals surface area contributed by atoms with Crippen LogP contribution in [0.1, 0.15) is 37.2 Å². The third kappa shape index (κ3) is 3.49. The Morgan fingerprint density at radius 2 is 2.12 bits per heavy atom. The van der Waals surface area contributed by atoms with E-state index in [1.807, 2.05) is 25.1 Å². The summed E-state index contributed by atoms with van der Waals surface area (Å²) in [6.45, 7) is 3.17. The topological polar surface area (TPSA) is 74.3 Å². The third-order valence-corrected chi connectivity index (χ3v) is 4.32. The highest BCUT2D eigenvalue weighted by atomic mass is 19.1. The quantitative estimate of drug-likeness (QED) is 0.880. The fraction of sp³-hybridized carbons (Fsp3) is 0.278. The van der Waals surface area contributed by atoms with Crippen LogP contribution in [0.2, 0.25) is 0 Å². The highest BCUT2D eigenvalue weighted by molar-refractivity contribution is 5.95. The van der Waals surface area contributed by atoms with Gasteiger partial charge in [-0.25, -0.2) is 13.6 Å². The molecule has 0 fully saturated rings. The van der Waals surface area contributed by atoms with Crippen LogP contribution in [0.3, 0.4) is 0 Å². The Balaban J connectivity index is 1.69. The van der Waals surface area contributed by atoms with Gasteiger partial charge in [-0.1, -0.05) is 18.2 Å². The molecular formula is C18H18F2N4O2. The number of nitrogens with zero attached hydrogens (tertiary/aromatic N) is 2. The Morgan fingerprint density at radius 3 is 2.85 bits per heavy atom. The maximum Gasteiger partial charge on any atom is 0.322 e. The number of amides is 3. The van der Waals surface area contributed by atoms with Gasteiger partial charge in [-0.15, -0.1) is 0 Å². The Labute approximate surface area is 149 Å². The van der Waals surface area contributed by atoms with Crippen molar-refractivity contribution in [3.05, 3.63) is 59.4 Å². The summed E-state index contributed by atoms with van der Waals surface area (Å²) in [6.07, 6.45) is 0.887. The van der Waals surface area contributed by atoms with Crippen molar-refractivity contribution < 1.29 is 18.4 Å². The molecule has 6 nitrogen and oxygen atoms in total. The smallest absolute Gasteiger partial charge is 0.322 e. The molecule has 2 N–H and O–H groups in total. The number of urea groups is 1. The van der Waals surface area contributed by atoms with Crippen molar-refractivity contribution in [3.8, 4) is 0 Å². The van der Waals surface area contributed by atoms with Gasteiger partial charge in [0.2, 0.25) is 5.91 Å². The lowest BCUT2D eigenvalue weighted by Crippen LogP contribution is -2.47. The molecule has 2 aromatic rings. The molecule has 136 valence electrons. The first-order chi connectivity index (χ1) is 12.4. The van der Waals surface area contributed by atoms with Crippen LogP contribution in [-0.2, 0) is 4.79 Å². The number of hydrogen-bond acceptors (Lipinski definition) is 3. The average Bonchev–Trinajstić information content (AvgIpc) is 2.58. The molecule has 26 heavy (non-hydrogen) atoms. The van der Waals surface area contributed by atoms with Crippen LogP contribution < -0.4 is 10.6 Å². The molecule has 0 bridgehead atoms. The van der Waals surface area contributed by atoms with Crippen molar-refractivity contribution in [2.24, 2.45) is 0 Å². The number of carbonyl (C=O) groups is 2. The summed E-state index contributed by atoms with van der Waals surface area (Å²) in [6, 6.07) is 6.63. The van der Waals surface area contributed by atoms with E-state index in [1.165, 1.54) is 11.8 Å². The second kappa shape index (κ2) is 7.07. The normalized spacial score (nSPS) is 17.3. The zero-order valence-electron chi connectivity index (χ0n) is 14.3. The third-order valence-electron chi connectivity index (χ3n) is 4.32. The van der Waals surface area contributed by atoms with E-state index < -0.39 is 23.6 Å². The summed E-state index contributed by atoms with van der Waals surface area (Å²) >= 11 is 0. The fourth-order valence-electron chi connectivity index (χ4n) is 2.97. The van der Waals surface area contributed by atoms with E-state index in [9.17, 15) is 18.4 Å². The van der Waals surface area contributed by atoms with Crippen molar-refractivity contribution in [3.63, 3.8) is 0 Å². The number of rotatable bonds is 4. The molecule has 0 radical (unpaired) electrons. The number of aromatic nitrogens is 1. The van der Waals surface area contributed by atoms with Crippen LogP contribution in [-0.4, -0.2) is 28.4 Å². The standard InChI is InChI=1S/C18H18F2N4O2/c1-10(17-14(20)7-12(19)8-21-17)22-16(25)9-24-11(2)13-5-3-4-6-15(13)23-18(24)26/h3-8,10-11H,9H2,1-2H3,(H,22,25)(H,23,26)/t10-,11+/m0/s1. The molecule has 8 heteroatoms. The minimum absolute atomic E-state index is 0.0683. The van der Waals surface area contributed by atoms with Gasteiger partial charge in [0.05, 0.1) is 24.0 Å². The maximum absolute atomic E-state index is 13.8. The molecule has 1 aliphatic rings. The SMILES string of the molecule is C[C@H](NC(=O)CN1C(=O)Nc2ccccc2[C@H]1C)c1ncc(F)cc1F. The molecule has 3 amide bonds. The number of anilines is 1. The van der Waals surface area contributed by atoms with E-state index in [4.69, 9.17) is 0 Å². The number of carbonyl (C=O) groups excluding carboxylic acids is 2. The van der Waals surface area contributed by atoms with Gasteiger partial charge in [0.15, 0.2) is 0 Å². The summed E-state index contributed by atoms with van der Waals surface area (Å²) in [7, 11) is 0. The molecule has 1 aromatic heterocycles. The largest absolute Gasteiger partial charge is 0.346 e. The van der Waals surface area contributed by atoms with E-state index in [1.54, 1.807) is 6.07 Å². The van der Waals surface area contributed by atoms with Crippen molar-refractivity contribution >= 4 is 17.6 Å². The van der Waals surface area contributed by atoms with Crippen molar-refractivity contribution in [1.82, 2.24) is 15.2 Å². The first-order valence-electron chi connectivity index (χ1n) is 8.13. The molecular weight excluding hydrogens is 342 g/mol. The molecule has 0 saturated heterocycles. The van der Waals surface area contributed by atoms with Crippen molar-refractivity contribution in [1.29, 1.82) is 0 Å². The van der Waals surface area contributed by atoms with Gasteiger partial charge >= 0.3 is 6.03 Å².